The fourth-order valence-corrected chi connectivity index (χ4v) is 10.5. The lowest BCUT2D eigenvalue weighted by molar-refractivity contribution is 1.18. The molecular weight excluding hydrogens is 737 g/mol. The van der Waals surface area contributed by atoms with Gasteiger partial charge < -0.3 is 9.13 Å². The third kappa shape index (κ3) is 4.89. The van der Waals surface area contributed by atoms with Crippen molar-refractivity contribution in [1.82, 2.24) is 19.1 Å². The fraction of sp³-hybridized carbons (Fsp3) is 0. The quantitative estimate of drug-likeness (QED) is 0.179. The van der Waals surface area contributed by atoms with Gasteiger partial charge in [-0.3, -0.25) is 0 Å². The molecule has 0 amide bonds. The topological polar surface area (TPSA) is 35.6 Å². The van der Waals surface area contributed by atoms with E-state index in [0.717, 1.165) is 55.0 Å². The van der Waals surface area contributed by atoms with E-state index in [1.165, 1.54) is 64.5 Å². The van der Waals surface area contributed by atoms with Crippen LogP contribution in [-0.2, 0) is 0 Å². The molecule has 4 heterocycles. The minimum atomic E-state index is 0.721. The molecule has 274 valence electrons. The number of benzene rings is 9. The first-order valence-corrected chi connectivity index (χ1v) is 20.8. The van der Waals surface area contributed by atoms with Crippen LogP contribution in [0.2, 0.25) is 0 Å². The van der Waals surface area contributed by atoms with Crippen LogP contribution in [0.5, 0.6) is 0 Å². The Kier molecular flexibility index (Phi) is 6.85. The van der Waals surface area contributed by atoms with Crippen molar-refractivity contribution in [2.24, 2.45) is 0 Å². The lowest BCUT2D eigenvalue weighted by atomic mass is 10.0. The number of fused-ring (bicyclic) bond motifs is 11. The molecule has 9 aromatic carbocycles. The molecule has 0 aliphatic heterocycles. The number of hydrogen-bond acceptors (Lipinski definition) is 3. The molecule has 0 saturated heterocycles. The molecule has 4 aromatic heterocycles. The maximum absolute atomic E-state index is 5.47. The maximum atomic E-state index is 5.47. The van der Waals surface area contributed by atoms with Crippen LogP contribution >= 0.6 is 11.3 Å². The summed E-state index contributed by atoms with van der Waals surface area (Å²) in [6.07, 6.45) is 0. The second-order valence-electron chi connectivity index (χ2n) is 15.4. The largest absolute Gasteiger partial charge is 0.309 e. The maximum Gasteiger partial charge on any atom is 0.160 e. The molecule has 0 N–H and O–H groups in total. The van der Waals surface area contributed by atoms with Gasteiger partial charge in [-0.25, -0.2) is 9.97 Å². The van der Waals surface area contributed by atoms with Crippen molar-refractivity contribution in [3.63, 3.8) is 0 Å². The van der Waals surface area contributed by atoms with E-state index in [2.05, 4.69) is 203 Å². The van der Waals surface area contributed by atoms with Gasteiger partial charge in [0.2, 0.25) is 0 Å². The summed E-state index contributed by atoms with van der Waals surface area (Å²) in [6, 6.07) is 70.2. The molecule has 0 unspecified atom stereocenters. The first kappa shape index (κ1) is 32.5. The summed E-state index contributed by atoms with van der Waals surface area (Å²) in [4.78, 5) is 10.8. The zero-order valence-corrected chi connectivity index (χ0v) is 32.5. The fourth-order valence-electron chi connectivity index (χ4n) is 9.34. The van der Waals surface area contributed by atoms with E-state index in [1.807, 2.05) is 0 Å². The predicted molar refractivity (Wildman–Crippen MR) is 249 cm³/mol. The second-order valence-corrected chi connectivity index (χ2v) is 16.5. The van der Waals surface area contributed by atoms with E-state index < -0.39 is 0 Å². The van der Waals surface area contributed by atoms with E-state index >= 15 is 0 Å². The van der Waals surface area contributed by atoms with Gasteiger partial charge in [0, 0.05) is 54.1 Å². The van der Waals surface area contributed by atoms with Crippen LogP contribution in [0, 0.1) is 0 Å². The van der Waals surface area contributed by atoms with E-state index in [-0.39, 0.29) is 0 Å². The molecule has 59 heavy (non-hydrogen) atoms. The van der Waals surface area contributed by atoms with Crippen LogP contribution in [-0.4, -0.2) is 19.1 Å². The standard InChI is InChI=1S/C54H32N4S/c1-2-14-39(15-3-1)57-46-19-9-6-16-41(46)44-31-36(25-27-48(44)57)51-53-52(43-18-8-11-21-50(43)59-53)56-54(55-51)37-23-22-33-24-26-40(29-38(33)28-37)58-47-20-10-7-17-42(47)45-30-34-12-4-5-13-35(34)32-49(45)58/h1-32H. The smallest absolute Gasteiger partial charge is 0.160 e. The van der Waals surface area contributed by atoms with Crippen LogP contribution in [0.15, 0.2) is 194 Å². The van der Waals surface area contributed by atoms with Crippen molar-refractivity contribution in [1.29, 1.82) is 0 Å². The molecule has 0 atom stereocenters. The number of thiophene rings is 1. The van der Waals surface area contributed by atoms with Crippen molar-refractivity contribution in [3.05, 3.63) is 194 Å². The summed E-state index contributed by atoms with van der Waals surface area (Å²) in [5, 5.41) is 10.9. The number of para-hydroxylation sites is 3. The van der Waals surface area contributed by atoms with Gasteiger partial charge in [-0.15, -0.1) is 11.3 Å². The molecule has 0 radical (unpaired) electrons. The van der Waals surface area contributed by atoms with Crippen LogP contribution in [0.3, 0.4) is 0 Å². The molecule has 13 rings (SSSR count). The van der Waals surface area contributed by atoms with E-state index in [9.17, 15) is 0 Å². The first-order chi connectivity index (χ1) is 29.2. The van der Waals surface area contributed by atoms with Crippen molar-refractivity contribution in [2.45, 2.75) is 0 Å². The van der Waals surface area contributed by atoms with Crippen LogP contribution < -0.4 is 0 Å². The lowest BCUT2D eigenvalue weighted by Crippen LogP contribution is -1.95. The summed E-state index contributed by atoms with van der Waals surface area (Å²) in [5.74, 6) is 0.721. The molecule has 4 nitrogen and oxygen atoms in total. The molecule has 0 bridgehead atoms. The van der Waals surface area contributed by atoms with E-state index in [0.29, 0.717) is 0 Å². The van der Waals surface area contributed by atoms with E-state index in [4.69, 9.17) is 9.97 Å². The Morgan fingerprint density at radius 3 is 1.80 bits per heavy atom. The summed E-state index contributed by atoms with van der Waals surface area (Å²) >= 11 is 1.77. The van der Waals surface area contributed by atoms with Crippen molar-refractivity contribution in [2.75, 3.05) is 0 Å². The number of hydrogen-bond donors (Lipinski definition) is 0. The molecule has 0 saturated carbocycles. The average Bonchev–Trinajstić information content (AvgIpc) is 3.95. The average molecular weight is 769 g/mol. The Labute approximate surface area is 342 Å². The van der Waals surface area contributed by atoms with Gasteiger partial charge in [-0.1, -0.05) is 121 Å². The molecule has 5 heteroatoms. The Bertz CT molecular complexity index is 3850. The van der Waals surface area contributed by atoms with Gasteiger partial charge in [0.1, 0.15) is 0 Å². The van der Waals surface area contributed by atoms with Crippen LogP contribution in [0.4, 0.5) is 0 Å². The third-order valence-corrected chi connectivity index (χ3v) is 13.2. The Morgan fingerprint density at radius 1 is 0.356 bits per heavy atom. The predicted octanol–water partition coefficient (Wildman–Crippen LogP) is 14.7. The van der Waals surface area contributed by atoms with Gasteiger partial charge in [0.15, 0.2) is 5.82 Å². The summed E-state index contributed by atoms with van der Waals surface area (Å²) in [7, 11) is 0. The summed E-state index contributed by atoms with van der Waals surface area (Å²) in [5.41, 5.74) is 11.0. The molecular formula is C54H32N4S. The van der Waals surface area contributed by atoms with Crippen molar-refractivity contribution >= 4 is 96.8 Å². The van der Waals surface area contributed by atoms with Gasteiger partial charge in [-0.2, -0.15) is 0 Å². The van der Waals surface area contributed by atoms with E-state index in [1.54, 1.807) is 11.3 Å². The van der Waals surface area contributed by atoms with Crippen molar-refractivity contribution < 1.29 is 0 Å². The number of rotatable bonds is 4. The molecule has 0 fully saturated rings. The Hall–Kier alpha value is -7.60. The highest BCUT2D eigenvalue weighted by atomic mass is 32.1. The third-order valence-electron chi connectivity index (χ3n) is 12.1. The normalized spacial score (nSPS) is 12.1. The zero-order valence-electron chi connectivity index (χ0n) is 31.7. The monoisotopic (exact) mass is 768 g/mol. The Morgan fingerprint density at radius 2 is 0.983 bits per heavy atom. The van der Waals surface area contributed by atoms with Crippen LogP contribution in [0.25, 0.3) is 119 Å². The summed E-state index contributed by atoms with van der Waals surface area (Å²) in [6.45, 7) is 0. The highest BCUT2D eigenvalue weighted by Crippen LogP contribution is 2.42. The molecule has 0 spiro atoms. The molecule has 13 aromatic rings. The minimum Gasteiger partial charge on any atom is -0.309 e. The van der Waals surface area contributed by atoms with Gasteiger partial charge in [0.25, 0.3) is 0 Å². The SMILES string of the molecule is c1ccc(-n2c3ccccc3c3cc(-c4nc(-c5ccc6ccc(-n7c8ccccc8c8cc9ccccc9cc87)cc6c5)nc5c4sc4ccccc45)ccc32)cc1. The molecule has 0 aliphatic rings. The highest BCUT2D eigenvalue weighted by Gasteiger charge is 2.20. The number of nitrogens with zero attached hydrogens (tertiary/aromatic N) is 4. The van der Waals surface area contributed by atoms with Gasteiger partial charge in [-0.05, 0) is 94.3 Å². The van der Waals surface area contributed by atoms with Crippen molar-refractivity contribution in [3.8, 4) is 34.0 Å². The first-order valence-electron chi connectivity index (χ1n) is 20.0. The Balaban J connectivity index is 1.01. The van der Waals surface area contributed by atoms with Gasteiger partial charge >= 0.3 is 0 Å². The summed E-state index contributed by atoms with van der Waals surface area (Å²) < 4.78 is 7.08. The van der Waals surface area contributed by atoms with Gasteiger partial charge in [0.05, 0.1) is 38.0 Å². The zero-order chi connectivity index (χ0) is 38.6. The minimum absolute atomic E-state index is 0.721. The molecule has 0 aliphatic carbocycles. The highest BCUT2D eigenvalue weighted by molar-refractivity contribution is 7.26. The number of aromatic nitrogens is 4. The van der Waals surface area contributed by atoms with Crippen LogP contribution in [0.1, 0.15) is 0 Å². The second kappa shape index (κ2) is 12.4. The lowest BCUT2D eigenvalue weighted by Gasteiger charge is -2.11.